The molecule has 1 saturated heterocycles. The highest BCUT2D eigenvalue weighted by Crippen LogP contribution is 2.35. The minimum Gasteiger partial charge on any atom is -0.486 e. The summed E-state index contributed by atoms with van der Waals surface area (Å²) in [5.41, 5.74) is 2.41. The number of carbonyl (C=O) groups is 1. The van der Waals surface area contributed by atoms with E-state index < -0.39 is 24.4 Å². The number of likely N-dealkylation sites (N-methyl/N-ethyl adjacent to an activating group) is 1. The van der Waals surface area contributed by atoms with Crippen molar-refractivity contribution < 1.29 is 34.0 Å². The molecule has 2 aromatic carbocycles. The van der Waals surface area contributed by atoms with E-state index in [-0.39, 0.29) is 19.6 Å². The second-order valence-corrected chi connectivity index (χ2v) is 8.79. The lowest BCUT2D eigenvalue weighted by molar-refractivity contribution is 0.00738. The van der Waals surface area contributed by atoms with Crippen molar-refractivity contribution in [3.63, 3.8) is 0 Å². The van der Waals surface area contributed by atoms with Crippen molar-refractivity contribution in [2.45, 2.75) is 18.3 Å². The van der Waals surface area contributed by atoms with E-state index in [2.05, 4.69) is 9.97 Å². The van der Waals surface area contributed by atoms with Crippen molar-refractivity contribution in [1.29, 1.82) is 0 Å². The van der Waals surface area contributed by atoms with Crippen molar-refractivity contribution in [2.75, 3.05) is 51.9 Å². The van der Waals surface area contributed by atoms with Gasteiger partial charge in [0.1, 0.15) is 25.4 Å². The van der Waals surface area contributed by atoms with Gasteiger partial charge in [-0.05, 0) is 25.2 Å². The summed E-state index contributed by atoms with van der Waals surface area (Å²) in [4.78, 5) is 24.5. The number of benzene rings is 2. The molecular weight excluding hydrogens is 468 g/mol. The number of hydrogen-bond acceptors (Lipinski definition) is 10. The minimum atomic E-state index is -0.958. The van der Waals surface area contributed by atoms with Crippen LogP contribution in [0, 0.1) is 0 Å². The van der Waals surface area contributed by atoms with E-state index >= 15 is 0 Å². The van der Waals surface area contributed by atoms with Crippen molar-refractivity contribution >= 4 is 22.8 Å². The zero-order valence-corrected chi connectivity index (χ0v) is 20.0. The van der Waals surface area contributed by atoms with Gasteiger partial charge < -0.3 is 34.1 Å². The molecule has 2 aliphatic rings. The fourth-order valence-corrected chi connectivity index (χ4v) is 4.41. The number of aliphatic hydroxyl groups excluding tert-OH is 2. The summed E-state index contributed by atoms with van der Waals surface area (Å²) in [7, 11) is 3.29. The molecule has 0 saturated carbocycles. The van der Waals surface area contributed by atoms with Gasteiger partial charge in [-0.25, -0.2) is 14.8 Å². The van der Waals surface area contributed by atoms with Gasteiger partial charge in [-0.1, -0.05) is 12.1 Å². The summed E-state index contributed by atoms with van der Waals surface area (Å²) in [6.07, 6.45) is -1.58. The van der Waals surface area contributed by atoms with Crippen molar-refractivity contribution in [2.24, 2.45) is 0 Å². The van der Waals surface area contributed by atoms with Crippen LogP contribution in [0.5, 0.6) is 17.4 Å². The summed E-state index contributed by atoms with van der Waals surface area (Å²) >= 11 is 0. The highest BCUT2D eigenvalue weighted by Gasteiger charge is 2.37. The predicted octanol–water partition coefficient (Wildman–Crippen LogP) is 1.76. The molecule has 3 heterocycles. The van der Waals surface area contributed by atoms with Crippen LogP contribution in [0.2, 0.25) is 0 Å². The Hall–Kier alpha value is -3.67. The Morgan fingerprint density at radius 1 is 1.17 bits per heavy atom. The van der Waals surface area contributed by atoms with E-state index in [1.807, 2.05) is 6.07 Å². The van der Waals surface area contributed by atoms with Crippen LogP contribution in [0.25, 0.3) is 11.0 Å². The summed E-state index contributed by atoms with van der Waals surface area (Å²) in [5.74, 6) is 1.56. The van der Waals surface area contributed by atoms with Gasteiger partial charge in [0, 0.05) is 24.7 Å². The van der Waals surface area contributed by atoms with Crippen LogP contribution in [0.15, 0.2) is 42.6 Å². The molecule has 3 aromatic rings. The Morgan fingerprint density at radius 3 is 2.78 bits per heavy atom. The topological polar surface area (TPSA) is 127 Å². The van der Waals surface area contributed by atoms with Gasteiger partial charge in [0.25, 0.3) is 0 Å². The first-order chi connectivity index (χ1) is 17.4. The number of amides is 1. The summed E-state index contributed by atoms with van der Waals surface area (Å²) in [5, 5.41) is 21.7. The van der Waals surface area contributed by atoms with Crippen LogP contribution in [-0.2, 0) is 4.74 Å². The van der Waals surface area contributed by atoms with Crippen molar-refractivity contribution in [3.8, 4) is 17.4 Å². The van der Waals surface area contributed by atoms with E-state index in [0.717, 1.165) is 0 Å². The van der Waals surface area contributed by atoms with Crippen LogP contribution < -0.4 is 19.1 Å². The Balaban J connectivity index is 1.21. The zero-order chi connectivity index (χ0) is 25.2. The Kier molecular flexibility index (Phi) is 6.77. The molecule has 0 radical (unpaired) electrons. The van der Waals surface area contributed by atoms with Crippen LogP contribution >= 0.6 is 0 Å². The number of aliphatic hydroxyl groups is 2. The molecule has 1 fully saturated rings. The standard InChI is InChI=1S/C25H28N4O7/c1-28(12-18(30)16-4-3-5-17-24(16)27-23(33-2)11-26-17)13-19(31)22-14-29(25(32)36-22)15-6-7-20-21(10-15)35-9-8-34-20/h3-7,10-11,18-19,22,30-31H,8-9,12-14H2,1-2H3/t18?,19-,22-/m1/s1. The first kappa shape index (κ1) is 24.0. The molecule has 2 aliphatic heterocycles. The number of rotatable bonds is 8. The number of aromatic nitrogens is 2. The van der Waals surface area contributed by atoms with Gasteiger partial charge >= 0.3 is 6.09 Å². The average molecular weight is 497 g/mol. The molecule has 36 heavy (non-hydrogen) atoms. The number of ether oxygens (including phenoxy) is 4. The van der Waals surface area contributed by atoms with E-state index in [9.17, 15) is 15.0 Å². The smallest absolute Gasteiger partial charge is 0.414 e. The lowest BCUT2D eigenvalue weighted by atomic mass is 10.1. The third-order valence-electron chi connectivity index (χ3n) is 6.24. The van der Waals surface area contributed by atoms with Gasteiger partial charge in [0.15, 0.2) is 11.5 Å². The van der Waals surface area contributed by atoms with Crippen LogP contribution in [-0.4, -0.2) is 90.4 Å². The largest absolute Gasteiger partial charge is 0.486 e. The van der Waals surface area contributed by atoms with Gasteiger partial charge in [0.2, 0.25) is 5.88 Å². The maximum absolute atomic E-state index is 12.5. The van der Waals surface area contributed by atoms with E-state index in [4.69, 9.17) is 18.9 Å². The first-order valence-corrected chi connectivity index (χ1v) is 11.6. The molecule has 0 bridgehead atoms. The first-order valence-electron chi connectivity index (χ1n) is 11.6. The number of cyclic esters (lactones) is 1. The maximum atomic E-state index is 12.5. The van der Waals surface area contributed by atoms with Gasteiger partial charge in [-0.15, -0.1) is 0 Å². The zero-order valence-electron chi connectivity index (χ0n) is 20.0. The Morgan fingerprint density at radius 2 is 1.97 bits per heavy atom. The number of methoxy groups -OCH3 is 1. The molecule has 0 spiro atoms. The third kappa shape index (κ3) is 4.85. The number of para-hydroxylation sites is 1. The molecule has 2 N–H and O–H groups in total. The van der Waals surface area contributed by atoms with Gasteiger partial charge in [-0.2, -0.15) is 0 Å². The Labute approximate surface area is 207 Å². The molecule has 1 aromatic heterocycles. The minimum absolute atomic E-state index is 0.184. The molecule has 3 atom stereocenters. The van der Waals surface area contributed by atoms with Gasteiger partial charge in [-0.3, -0.25) is 4.90 Å². The van der Waals surface area contributed by atoms with E-state index in [1.54, 1.807) is 42.3 Å². The fourth-order valence-electron chi connectivity index (χ4n) is 4.41. The number of carbonyl (C=O) groups excluding carboxylic acids is 1. The lowest BCUT2D eigenvalue weighted by Crippen LogP contribution is -2.40. The lowest BCUT2D eigenvalue weighted by Gasteiger charge is -2.25. The Bertz CT molecular complexity index is 1260. The number of fused-ring (bicyclic) bond motifs is 2. The second kappa shape index (κ2) is 10.1. The maximum Gasteiger partial charge on any atom is 0.414 e. The van der Waals surface area contributed by atoms with Crippen LogP contribution in [0.4, 0.5) is 10.5 Å². The number of hydrogen-bond donors (Lipinski definition) is 2. The molecule has 0 aliphatic carbocycles. The normalized spacial score (nSPS) is 18.9. The van der Waals surface area contributed by atoms with E-state index in [0.29, 0.717) is 52.9 Å². The number of anilines is 1. The van der Waals surface area contributed by atoms with Gasteiger partial charge in [0.05, 0.1) is 42.7 Å². The summed E-state index contributed by atoms with van der Waals surface area (Å²) in [6.45, 7) is 1.52. The monoisotopic (exact) mass is 496 g/mol. The summed E-state index contributed by atoms with van der Waals surface area (Å²) < 4.78 is 21.7. The molecule has 1 unspecified atom stereocenters. The van der Waals surface area contributed by atoms with Crippen molar-refractivity contribution in [1.82, 2.24) is 14.9 Å². The molecule has 190 valence electrons. The quantitative estimate of drug-likeness (QED) is 0.476. The predicted molar refractivity (Wildman–Crippen MR) is 130 cm³/mol. The van der Waals surface area contributed by atoms with Crippen LogP contribution in [0.3, 0.4) is 0 Å². The average Bonchev–Trinajstić information content (AvgIpc) is 3.29. The highest BCUT2D eigenvalue weighted by molar-refractivity contribution is 5.90. The summed E-state index contributed by atoms with van der Waals surface area (Å²) in [6, 6.07) is 10.6. The number of nitrogens with zero attached hydrogens (tertiary/aromatic N) is 4. The molecule has 11 heteroatoms. The molecular formula is C25H28N4O7. The SMILES string of the molecule is COc1cnc2cccc(C(O)CN(C)C[C@@H](O)[C@H]3CN(c4ccc5c(c4)OCCO5)C(=O)O3)c2n1. The molecule has 11 nitrogen and oxygen atoms in total. The van der Waals surface area contributed by atoms with Crippen molar-refractivity contribution in [3.05, 3.63) is 48.2 Å². The molecule has 1 amide bonds. The highest BCUT2D eigenvalue weighted by atomic mass is 16.6. The second-order valence-electron chi connectivity index (χ2n) is 8.79. The van der Waals surface area contributed by atoms with Crippen LogP contribution in [0.1, 0.15) is 11.7 Å². The fraction of sp³-hybridized carbons (Fsp3) is 0.400. The molecule has 5 rings (SSSR count). The van der Waals surface area contributed by atoms with E-state index in [1.165, 1.54) is 18.2 Å². The third-order valence-corrected chi connectivity index (χ3v) is 6.24.